The van der Waals surface area contributed by atoms with Gasteiger partial charge in [0.15, 0.2) is 0 Å². The molecule has 0 radical (unpaired) electrons. The Hall–Kier alpha value is -2.62. The van der Waals surface area contributed by atoms with Crippen molar-refractivity contribution in [3.8, 4) is 11.3 Å². The first-order valence-corrected chi connectivity index (χ1v) is 8.96. The van der Waals surface area contributed by atoms with E-state index in [-0.39, 0.29) is 24.4 Å². The highest BCUT2D eigenvalue weighted by Crippen LogP contribution is 2.24. The summed E-state index contributed by atoms with van der Waals surface area (Å²) in [5, 5.41) is 12.5. The van der Waals surface area contributed by atoms with Gasteiger partial charge in [-0.3, -0.25) is 4.79 Å². The van der Waals surface area contributed by atoms with Crippen LogP contribution in [0.4, 0.5) is 8.78 Å². The highest BCUT2D eigenvalue weighted by atomic mass is 32.1. The second kappa shape index (κ2) is 7.95. The third kappa shape index (κ3) is 4.05. The summed E-state index contributed by atoms with van der Waals surface area (Å²) in [6.45, 7) is 1.36. The lowest BCUT2D eigenvalue weighted by molar-refractivity contribution is 0.0933. The summed E-state index contributed by atoms with van der Waals surface area (Å²) in [5.41, 5.74) is 6.61. The lowest BCUT2D eigenvalue weighted by atomic mass is 10.1. The second-order valence-electron chi connectivity index (χ2n) is 5.94. The largest absolute Gasteiger partial charge is 0.391 e. The molecule has 0 bridgehead atoms. The third-order valence-corrected chi connectivity index (χ3v) is 5.18. The number of aliphatic hydroxyl groups is 1. The highest BCUT2D eigenvalue weighted by molar-refractivity contribution is 7.11. The van der Waals surface area contributed by atoms with Gasteiger partial charge in [-0.2, -0.15) is 0 Å². The van der Waals surface area contributed by atoms with Crippen LogP contribution >= 0.6 is 11.3 Å². The molecule has 0 aliphatic carbocycles. The van der Waals surface area contributed by atoms with Gasteiger partial charge in [0.2, 0.25) is 0 Å². The number of carbonyl (C=O) groups excluding carboxylic acids is 1. The van der Waals surface area contributed by atoms with Crippen molar-refractivity contribution in [1.82, 2.24) is 15.3 Å². The van der Waals surface area contributed by atoms with E-state index in [9.17, 15) is 13.6 Å². The number of nitrogens with two attached hydrogens (primary N) is 1. The second-order valence-corrected chi connectivity index (χ2v) is 7.08. The lowest BCUT2D eigenvalue weighted by Gasteiger charge is -2.13. The zero-order chi connectivity index (χ0) is 19.6. The van der Waals surface area contributed by atoms with Gasteiger partial charge < -0.3 is 21.1 Å². The number of aliphatic hydroxyl groups excluding tert-OH is 1. The van der Waals surface area contributed by atoms with E-state index in [2.05, 4.69) is 15.3 Å². The van der Waals surface area contributed by atoms with Gasteiger partial charge in [0.25, 0.3) is 5.91 Å². The van der Waals surface area contributed by atoms with E-state index >= 15 is 0 Å². The molecule has 2 aromatic heterocycles. The van der Waals surface area contributed by atoms with Crippen LogP contribution in [0.25, 0.3) is 11.3 Å². The van der Waals surface area contributed by atoms with Gasteiger partial charge in [0.05, 0.1) is 17.5 Å². The fourth-order valence-electron chi connectivity index (χ4n) is 2.51. The van der Waals surface area contributed by atoms with E-state index in [4.69, 9.17) is 10.8 Å². The molecule has 0 saturated heterocycles. The van der Waals surface area contributed by atoms with Crippen LogP contribution in [0, 0.1) is 18.6 Å². The topological polar surface area (TPSA) is 104 Å². The van der Waals surface area contributed by atoms with Crippen molar-refractivity contribution in [1.29, 1.82) is 0 Å². The molecule has 142 valence electrons. The average Bonchev–Trinajstić information content (AvgIpc) is 3.33. The zero-order valence-electron chi connectivity index (χ0n) is 14.4. The van der Waals surface area contributed by atoms with Crippen molar-refractivity contribution in [3.05, 3.63) is 63.2 Å². The molecular formula is C18H18F2N4O2S. The number of aromatic amines is 1. The minimum Gasteiger partial charge on any atom is -0.391 e. The molecule has 0 fully saturated rings. The van der Waals surface area contributed by atoms with Crippen molar-refractivity contribution in [2.45, 2.75) is 19.6 Å². The Kier molecular flexibility index (Phi) is 5.64. The van der Waals surface area contributed by atoms with Crippen LogP contribution in [0.5, 0.6) is 0 Å². The Balaban J connectivity index is 1.78. The Morgan fingerprint density at radius 1 is 1.37 bits per heavy atom. The molecule has 5 N–H and O–H groups in total. The van der Waals surface area contributed by atoms with Gasteiger partial charge in [0, 0.05) is 29.6 Å². The van der Waals surface area contributed by atoms with Crippen LogP contribution in [-0.4, -0.2) is 27.5 Å². The molecule has 1 atom stereocenters. The molecule has 0 saturated carbocycles. The molecule has 3 rings (SSSR count). The first-order valence-electron chi connectivity index (χ1n) is 8.14. The van der Waals surface area contributed by atoms with Gasteiger partial charge in [0.1, 0.15) is 22.3 Å². The number of hydrogen-bond donors (Lipinski definition) is 4. The maximum absolute atomic E-state index is 13.8. The van der Waals surface area contributed by atoms with Gasteiger partial charge >= 0.3 is 0 Å². The first-order chi connectivity index (χ1) is 12.9. The van der Waals surface area contributed by atoms with Gasteiger partial charge in [-0.1, -0.05) is 0 Å². The number of halogens is 2. The van der Waals surface area contributed by atoms with Gasteiger partial charge in [-0.25, -0.2) is 13.8 Å². The predicted molar refractivity (Wildman–Crippen MR) is 98.2 cm³/mol. The van der Waals surface area contributed by atoms with E-state index in [0.29, 0.717) is 21.1 Å². The summed E-state index contributed by atoms with van der Waals surface area (Å²) in [6.07, 6.45) is 1.53. The van der Waals surface area contributed by atoms with Crippen LogP contribution in [0.3, 0.4) is 0 Å². The summed E-state index contributed by atoms with van der Waals surface area (Å²) >= 11 is 1.26. The summed E-state index contributed by atoms with van der Waals surface area (Å²) in [4.78, 5) is 20.2. The highest BCUT2D eigenvalue weighted by Gasteiger charge is 2.19. The van der Waals surface area contributed by atoms with Crippen LogP contribution in [0.2, 0.25) is 0 Å². The Morgan fingerprint density at radius 2 is 2.07 bits per heavy atom. The summed E-state index contributed by atoms with van der Waals surface area (Å²) < 4.78 is 27.5. The molecule has 0 aliphatic rings. The molecule has 6 nitrogen and oxygen atoms in total. The van der Waals surface area contributed by atoms with E-state index < -0.39 is 23.6 Å². The molecule has 1 amide bonds. The van der Waals surface area contributed by atoms with E-state index in [1.165, 1.54) is 42.7 Å². The predicted octanol–water partition coefficient (Wildman–Crippen LogP) is 2.65. The van der Waals surface area contributed by atoms with Crippen molar-refractivity contribution in [3.63, 3.8) is 0 Å². The number of aromatic nitrogens is 2. The van der Waals surface area contributed by atoms with Crippen LogP contribution < -0.4 is 11.1 Å². The number of amides is 1. The van der Waals surface area contributed by atoms with Crippen molar-refractivity contribution in [2.75, 3.05) is 6.54 Å². The van der Waals surface area contributed by atoms with Crippen LogP contribution in [0.1, 0.15) is 32.0 Å². The van der Waals surface area contributed by atoms with Crippen LogP contribution in [-0.2, 0) is 6.61 Å². The quantitative estimate of drug-likeness (QED) is 0.518. The van der Waals surface area contributed by atoms with E-state index in [1.807, 2.05) is 0 Å². The lowest BCUT2D eigenvalue weighted by Crippen LogP contribution is -2.33. The van der Waals surface area contributed by atoms with Crippen molar-refractivity contribution < 1.29 is 18.7 Å². The number of rotatable bonds is 6. The fourth-order valence-corrected chi connectivity index (χ4v) is 3.35. The molecule has 2 heterocycles. The first kappa shape index (κ1) is 19.2. The minimum atomic E-state index is -0.655. The maximum Gasteiger partial charge on any atom is 0.268 e. The van der Waals surface area contributed by atoms with Crippen molar-refractivity contribution >= 4 is 17.2 Å². The molecule has 0 aliphatic heterocycles. The number of thiazole rings is 1. The average molecular weight is 392 g/mol. The van der Waals surface area contributed by atoms with E-state index in [0.717, 1.165) is 0 Å². The third-order valence-electron chi connectivity index (χ3n) is 4.09. The smallest absolute Gasteiger partial charge is 0.268 e. The number of nitrogens with zero attached hydrogens (tertiary/aromatic N) is 1. The summed E-state index contributed by atoms with van der Waals surface area (Å²) in [5.74, 6) is -1.74. The molecule has 27 heavy (non-hydrogen) atoms. The fraction of sp³-hybridized carbons (Fsp3) is 0.222. The number of benzene rings is 1. The minimum absolute atomic E-state index is 0.0558. The number of carbonyl (C=O) groups is 1. The summed E-state index contributed by atoms with van der Waals surface area (Å²) in [6, 6.07) is 5.00. The molecule has 0 unspecified atom stereocenters. The van der Waals surface area contributed by atoms with Crippen LogP contribution in [0.15, 0.2) is 30.5 Å². The monoisotopic (exact) mass is 392 g/mol. The normalized spacial score (nSPS) is 12.2. The van der Waals surface area contributed by atoms with E-state index in [1.54, 1.807) is 6.07 Å². The Labute approximate surface area is 158 Å². The molecule has 1 aromatic carbocycles. The van der Waals surface area contributed by atoms with Gasteiger partial charge in [-0.15, -0.1) is 11.3 Å². The molecule has 3 aromatic rings. The number of hydrogen-bond acceptors (Lipinski definition) is 5. The number of nitrogens with one attached hydrogen (secondary N) is 2. The molecule has 0 spiro atoms. The molecule has 9 heteroatoms. The SMILES string of the molecule is Cc1c(F)cc(-c2ccc(C(=O)N[C@@H](CN)c3ncc(CO)s3)[nH]2)cc1F. The van der Waals surface area contributed by atoms with Crippen molar-refractivity contribution in [2.24, 2.45) is 5.73 Å². The maximum atomic E-state index is 13.8. The van der Waals surface area contributed by atoms with Gasteiger partial charge in [-0.05, 0) is 31.2 Å². The number of H-pyrrole nitrogens is 1. The Morgan fingerprint density at radius 3 is 2.67 bits per heavy atom. The Bertz CT molecular complexity index is 947. The summed E-state index contributed by atoms with van der Waals surface area (Å²) in [7, 11) is 0. The standard InChI is InChI=1S/C18H18F2N4O2S/c1-9-12(19)4-10(5-13(9)20)14-2-3-15(23-14)17(26)24-16(6-21)18-22-7-11(8-25)27-18/h2-5,7,16,23,25H,6,8,21H2,1H3,(H,24,26)/t16-/m0/s1. The molecular weight excluding hydrogens is 374 g/mol. The zero-order valence-corrected chi connectivity index (χ0v) is 15.2.